The summed E-state index contributed by atoms with van der Waals surface area (Å²) in [5.74, 6) is 0.938. The highest BCUT2D eigenvalue weighted by molar-refractivity contribution is 5.41. The number of likely N-dealkylation sites (N-methyl/N-ethyl adjacent to an activating group) is 2. The average Bonchev–Trinajstić information content (AvgIpc) is 2.29. The van der Waals surface area contributed by atoms with Gasteiger partial charge in [0.2, 0.25) is 0 Å². The minimum absolute atomic E-state index is 0.0646. The molecule has 1 heterocycles. The molecule has 0 fully saturated rings. The molecule has 1 unspecified atom stereocenters. The van der Waals surface area contributed by atoms with E-state index in [-0.39, 0.29) is 6.61 Å². The van der Waals surface area contributed by atoms with Crippen LogP contribution in [0.4, 0.5) is 5.82 Å². The van der Waals surface area contributed by atoms with E-state index in [1.165, 1.54) is 0 Å². The Kier molecular flexibility index (Phi) is 5.38. The van der Waals surface area contributed by atoms with E-state index in [1.807, 2.05) is 12.1 Å². The van der Waals surface area contributed by atoms with Crippen molar-refractivity contribution in [2.45, 2.75) is 26.5 Å². The molecule has 0 radical (unpaired) electrons. The maximum absolute atomic E-state index is 9.15. The number of nitrogens with zero attached hydrogens (tertiary/aromatic N) is 3. The van der Waals surface area contributed by atoms with Crippen LogP contribution < -0.4 is 4.90 Å². The quantitative estimate of drug-likeness (QED) is 0.810. The summed E-state index contributed by atoms with van der Waals surface area (Å²) in [5.41, 5.74) is 0.908. The molecule has 0 saturated heterocycles. The number of aromatic nitrogens is 1. The van der Waals surface area contributed by atoms with Gasteiger partial charge in [-0.05, 0) is 45.6 Å². The van der Waals surface area contributed by atoms with Gasteiger partial charge in [0, 0.05) is 25.3 Å². The van der Waals surface area contributed by atoms with Gasteiger partial charge in [-0.15, -0.1) is 0 Å². The lowest BCUT2D eigenvalue weighted by molar-refractivity contribution is 0.281. The number of rotatable bonds is 6. The number of hydrogen-bond acceptors (Lipinski definition) is 4. The van der Waals surface area contributed by atoms with E-state index in [9.17, 15) is 0 Å². The Hall–Kier alpha value is -1.13. The largest absolute Gasteiger partial charge is 0.392 e. The molecule has 0 aliphatic rings. The summed E-state index contributed by atoms with van der Waals surface area (Å²) in [7, 11) is 4.14. The van der Waals surface area contributed by atoms with E-state index in [1.54, 1.807) is 6.20 Å². The molecule has 0 saturated carbocycles. The normalized spacial score (nSPS) is 12.8. The summed E-state index contributed by atoms with van der Waals surface area (Å²) in [5, 5.41) is 9.15. The molecule has 0 aliphatic heterocycles. The predicted octanol–water partition coefficient (Wildman–Crippen LogP) is 1.35. The van der Waals surface area contributed by atoms with Crippen LogP contribution in [0.1, 0.15) is 19.4 Å². The van der Waals surface area contributed by atoms with Gasteiger partial charge >= 0.3 is 0 Å². The minimum atomic E-state index is 0.0646. The van der Waals surface area contributed by atoms with Crippen molar-refractivity contribution in [3.8, 4) is 0 Å². The second kappa shape index (κ2) is 6.57. The van der Waals surface area contributed by atoms with Gasteiger partial charge in [-0.25, -0.2) is 4.98 Å². The van der Waals surface area contributed by atoms with E-state index in [4.69, 9.17) is 5.11 Å². The number of hydrogen-bond donors (Lipinski definition) is 1. The topological polar surface area (TPSA) is 39.6 Å². The number of pyridine rings is 1. The number of anilines is 1. The van der Waals surface area contributed by atoms with Gasteiger partial charge in [0.25, 0.3) is 0 Å². The zero-order valence-electron chi connectivity index (χ0n) is 11.2. The molecule has 1 aromatic heterocycles. The molecular formula is C13H23N3O. The Bertz CT molecular complexity index is 341. The van der Waals surface area contributed by atoms with Crippen molar-refractivity contribution in [1.82, 2.24) is 9.88 Å². The Labute approximate surface area is 104 Å². The average molecular weight is 237 g/mol. The third-order valence-corrected chi connectivity index (χ3v) is 2.79. The first kappa shape index (κ1) is 13.9. The summed E-state index contributed by atoms with van der Waals surface area (Å²) < 4.78 is 0. The third kappa shape index (κ3) is 3.98. The van der Waals surface area contributed by atoms with Crippen LogP contribution in [-0.4, -0.2) is 48.2 Å². The molecule has 96 valence electrons. The monoisotopic (exact) mass is 237 g/mol. The molecule has 0 bridgehead atoms. The van der Waals surface area contributed by atoms with Crippen LogP contribution in [0.3, 0.4) is 0 Å². The molecule has 0 amide bonds. The lowest BCUT2D eigenvalue weighted by Gasteiger charge is -2.31. The fraction of sp³-hybridized carbons (Fsp3) is 0.615. The fourth-order valence-corrected chi connectivity index (χ4v) is 2.04. The minimum Gasteiger partial charge on any atom is -0.392 e. The van der Waals surface area contributed by atoms with Crippen LogP contribution in [0, 0.1) is 0 Å². The molecule has 4 nitrogen and oxygen atoms in total. The van der Waals surface area contributed by atoms with Gasteiger partial charge in [0.05, 0.1) is 6.61 Å². The Morgan fingerprint density at radius 1 is 1.41 bits per heavy atom. The second-order valence-corrected chi connectivity index (χ2v) is 4.58. The van der Waals surface area contributed by atoms with Crippen molar-refractivity contribution in [3.63, 3.8) is 0 Å². The standard InChI is InChI=1S/C13H23N3O/c1-5-16(11(2)9-15(3)4)13-8-12(10-17)6-7-14-13/h6-8,11,17H,5,9-10H2,1-4H3. The van der Waals surface area contributed by atoms with Crippen molar-refractivity contribution in [1.29, 1.82) is 0 Å². The van der Waals surface area contributed by atoms with E-state index >= 15 is 0 Å². The highest BCUT2D eigenvalue weighted by Crippen LogP contribution is 2.15. The summed E-state index contributed by atoms with van der Waals surface area (Å²) in [6, 6.07) is 4.19. The fourth-order valence-electron chi connectivity index (χ4n) is 2.04. The van der Waals surface area contributed by atoms with Crippen LogP contribution in [0.2, 0.25) is 0 Å². The van der Waals surface area contributed by atoms with Gasteiger partial charge < -0.3 is 14.9 Å². The van der Waals surface area contributed by atoms with Crippen molar-refractivity contribution >= 4 is 5.82 Å². The van der Waals surface area contributed by atoms with E-state index in [0.717, 1.165) is 24.5 Å². The first-order valence-corrected chi connectivity index (χ1v) is 6.05. The maximum atomic E-state index is 9.15. The highest BCUT2D eigenvalue weighted by Gasteiger charge is 2.14. The van der Waals surface area contributed by atoms with Gasteiger partial charge in [0.1, 0.15) is 5.82 Å². The molecule has 17 heavy (non-hydrogen) atoms. The molecule has 1 aromatic rings. The van der Waals surface area contributed by atoms with Crippen molar-refractivity contribution < 1.29 is 5.11 Å². The SMILES string of the molecule is CCN(c1cc(CO)ccn1)C(C)CN(C)C. The first-order chi connectivity index (χ1) is 8.08. The summed E-state index contributed by atoms with van der Waals surface area (Å²) in [6.45, 7) is 6.28. The zero-order chi connectivity index (χ0) is 12.8. The van der Waals surface area contributed by atoms with Crippen LogP contribution in [0.15, 0.2) is 18.3 Å². The lowest BCUT2D eigenvalue weighted by Crippen LogP contribution is -2.40. The Balaban J connectivity index is 2.84. The predicted molar refractivity (Wildman–Crippen MR) is 71.2 cm³/mol. The van der Waals surface area contributed by atoms with Crippen molar-refractivity contribution in [3.05, 3.63) is 23.9 Å². The van der Waals surface area contributed by atoms with Gasteiger partial charge in [0.15, 0.2) is 0 Å². The summed E-state index contributed by atoms with van der Waals surface area (Å²) in [4.78, 5) is 8.80. The third-order valence-electron chi connectivity index (χ3n) is 2.79. The molecule has 1 atom stereocenters. The smallest absolute Gasteiger partial charge is 0.129 e. The van der Waals surface area contributed by atoms with E-state index in [2.05, 4.69) is 42.7 Å². The van der Waals surface area contributed by atoms with E-state index < -0.39 is 0 Å². The van der Waals surface area contributed by atoms with E-state index in [0.29, 0.717) is 6.04 Å². The van der Waals surface area contributed by atoms with Crippen LogP contribution in [0.25, 0.3) is 0 Å². The number of aliphatic hydroxyl groups excluding tert-OH is 1. The molecule has 0 aliphatic carbocycles. The summed E-state index contributed by atoms with van der Waals surface area (Å²) in [6.07, 6.45) is 1.76. The summed E-state index contributed by atoms with van der Waals surface area (Å²) >= 11 is 0. The van der Waals surface area contributed by atoms with Crippen molar-refractivity contribution in [2.24, 2.45) is 0 Å². The maximum Gasteiger partial charge on any atom is 0.129 e. The Morgan fingerprint density at radius 3 is 2.65 bits per heavy atom. The molecule has 1 N–H and O–H groups in total. The molecule has 0 aromatic carbocycles. The molecule has 4 heteroatoms. The van der Waals surface area contributed by atoms with Crippen LogP contribution in [-0.2, 0) is 6.61 Å². The lowest BCUT2D eigenvalue weighted by atomic mass is 10.2. The van der Waals surface area contributed by atoms with Gasteiger partial charge in [-0.3, -0.25) is 0 Å². The molecule has 0 spiro atoms. The van der Waals surface area contributed by atoms with Crippen LogP contribution in [0.5, 0.6) is 0 Å². The van der Waals surface area contributed by atoms with Crippen LogP contribution >= 0.6 is 0 Å². The van der Waals surface area contributed by atoms with Gasteiger partial charge in [-0.1, -0.05) is 0 Å². The first-order valence-electron chi connectivity index (χ1n) is 6.05. The second-order valence-electron chi connectivity index (χ2n) is 4.58. The van der Waals surface area contributed by atoms with Crippen molar-refractivity contribution in [2.75, 3.05) is 32.1 Å². The molecule has 1 rings (SSSR count). The highest BCUT2D eigenvalue weighted by atomic mass is 16.3. The molecular weight excluding hydrogens is 214 g/mol. The zero-order valence-corrected chi connectivity index (χ0v) is 11.2. The number of aliphatic hydroxyl groups is 1. The Morgan fingerprint density at radius 2 is 2.12 bits per heavy atom. The van der Waals surface area contributed by atoms with Gasteiger partial charge in [-0.2, -0.15) is 0 Å².